The van der Waals surface area contributed by atoms with Crippen LogP contribution in [-0.4, -0.2) is 45.7 Å². The lowest BCUT2D eigenvalue weighted by molar-refractivity contribution is -0.141. The van der Waals surface area contributed by atoms with Crippen molar-refractivity contribution < 1.29 is 22.7 Å². The van der Waals surface area contributed by atoms with Crippen LogP contribution in [0.2, 0.25) is 0 Å². The number of benzene rings is 2. The number of carbonyl (C=O) groups excluding carboxylic acids is 1. The molecule has 0 radical (unpaired) electrons. The quantitative estimate of drug-likeness (QED) is 0.354. The number of aromatic nitrogens is 3. The highest BCUT2D eigenvalue weighted by Crippen LogP contribution is 2.34. The van der Waals surface area contributed by atoms with Crippen molar-refractivity contribution in [2.45, 2.75) is 25.8 Å². The van der Waals surface area contributed by atoms with Gasteiger partial charge in [0.1, 0.15) is 12.4 Å². The maximum absolute atomic E-state index is 13.0. The highest BCUT2D eigenvalue weighted by atomic mass is 19.4. The molecule has 2 heterocycles. The van der Waals surface area contributed by atoms with Gasteiger partial charge in [-0.15, -0.1) is 0 Å². The summed E-state index contributed by atoms with van der Waals surface area (Å²) in [6, 6.07) is 17.0. The van der Waals surface area contributed by atoms with Crippen LogP contribution in [0.3, 0.4) is 0 Å². The first-order valence-electron chi connectivity index (χ1n) is 10.6. The van der Waals surface area contributed by atoms with Gasteiger partial charge in [-0.25, -0.2) is 9.78 Å². The second-order valence-electron chi connectivity index (χ2n) is 7.94. The molecular formula is C25H23F3N4O2. The summed E-state index contributed by atoms with van der Waals surface area (Å²) < 4.78 is 44.9. The van der Waals surface area contributed by atoms with Gasteiger partial charge in [-0.05, 0) is 18.7 Å². The van der Waals surface area contributed by atoms with E-state index in [1.165, 1.54) is 19.5 Å². The van der Waals surface area contributed by atoms with Crippen LogP contribution in [0.25, 0.3) is 22.0 Å². The van der Waals surface area contributed by atoms with E-state index >= 15 is 0 Å². The van der Waals surface area contributed by atoms with Gasteiger partial charge in [-0.3, -0.25) is 9.88 Å². The summed E-state index contributed by atoms with van der Waals surface area (Å²) in [5, 5.41) is 0.807. The van der Waals surface area contributed by atoms with Gasteiger partial charge in [-0.2, -0.15) is 13.2 Å². The number of esters is 1. The number of para-hydroxylation sites is 1. The molecule has 0 saturated carbocycles. The molecule has 0 atom stereocenters. The Bertz CT molecular complexity index is 1300. The van der Waals surface area contributed by atoms with Gasteiger partial charge in [0, 0.05) is 29.9 Å². The topological polar surface area (TPSA) is 60.2 Å². The first-order valence-corrected chi connectivity index (χ1v) is 10.6. The first kappa shape index (κ1) is 23.4. The maximum Gasteiger partial charge on any atom is 0.406 e. The van der Waals surface area contributed by atoms with Gasteiger partial charge in [0.05, 0.1) is 30.4 Å². The second-order valence-corrected chi connectivity index (χ2v) is 7.94. The molecule has 0 amide bonds. The number of rotatable bonds is 7. The third-order valence-electron chi connectivity index (χ3n) is 5.40. The highest BCUT2D eigenvalue weighted by Gasteiger charge is 2.29. The Morgan fingerprint density at radius 1 is 1.06 bits per heavy atom. The number of pyridine rings is 1. The Hall–Kier alpha value is -3.72. The fourth-order valence-electron chi connectivity index (χ4n) is 3.99. The molecule has 0 spiro atoms. The van der Waals surface area contributed by atoms with E-state index in [0.29, 0.717) is 22.3 Å². The van der Waals surface area contributed by atoms with Crippen LogP contribution in [0.15, 0.2) is 67.0 Å². The molecule has 4 aromatic rings. The van der Waals surface area contributed by atoms with Crippen molar-refractivity contribution >= 4 is 16.9 Å². The van der Waals surface area contributed by atoms with E-state index in [9.17, 15) is 18.0 Å². The van der Waals surface area contributed by atoms with Crippen molar-refractivity contribution in [1.29, 1.82) is 0 Å². The molecular weight excluding hydrogens is 445 g/mol. The number of nitrogens with zero attached hydrogens (tertiary/aromatic N) is 4. The molecule has 2 aromatic heterocycles. The van der Waals surface area contributed by atoms with Crippen LogP contribution in [0, 0.1) is 0 Å². The zero-order valence-electron chi connectivity index (χ0n) is 18.7. The third kappa shape index (κ3) is 5.09. The minimum absolute atomic E-state index is 0.138. The number of ether oxygens (including phenoxy) is 1. The van der Waals surface area contributed by atoms with E-state index in [0.717, 1.165) is 15.5 Å². The minimum atomic E-state index is -4.35. The van der Waals surface area contributed by atoms with E-state index in [-0.39, 0.29) is 18.9 Å². The predicted octanol–water partition coefficient (Wildman–Crippen LogP) is 5.08. The van der Waals surface area contributed by atoms with Crippen LogP contribution < -0.4 is 0 Å². The third-order valence-corrected chi connectivity index (χ3v) is 5.40. The van der Waals surface area contributed by atoms with Crippen LogP contribution in [0.4, 0.5) is 13.2 Å². The van der Waals surface area contributed by atoms with Crippen molar-refractivity contribution in [3.63, 3.8) is 0 Å². The molecule has 0 unspecified atom stereocenters. The van der Waals surface area contributed by atoms with Crippen LogP contribution in [-0.2, 0) is 24.4 Å². The fourth-order valence-corrected chi connectivity index (χ4v) is 3.99. The summed E-state index contributed by atoms with van der Waals surface area (Å²) >= 11 is 0. The number of carbonyl (C=O) groups is 1. The second kappa shape index (κ2) is 9.64. The summed E-state index contributed by atoms with van der Waals surface area (Å²) in [6.45, 7) is -0.775. The number of imidazole rings is 1. The Balaban J connectivity index is 1.76. The van der Waals surface area contributed by atoms with Gasteiger partial charge < -0.3 is 9.30 Å². The zero-order valence-corrected chi connectivity index (χ0v) is 18.7. The van der Waals surface area contributed by atoms with Crippen molar-refractivity contribution in [3.8, 4) is 11.1 Å². The van der Waals surface area contributed by atoms with Crippen molar-refractivity contribution in [1.82, 2.24) is 19.4 Å². The van der Waals surface area contributed by atoms with E-state index in [1.807, 2.05) is 54.6 Å². The molecule has 0 saturated heterocycles. The number of fused-ring (bicyclic) bond motifs is 1. The SMILES string of the molecule is COC(=O)c1c(CN(C)Cc2nccn2CC(F)(F)F)nc2ccccc2c1-c1ccccc1. The van der Waals surface area contributed by atoms with E-state index in [4.69, 9.17) is 9.72 Å². The van der Waals surface area contributed by atoms with Crippen molar-refractivity contribution in [2.24, 2.45) is 0 Å². The normalized spacial score (nSPS) is 11.8. The number of hydrogen-bond acceptors (Lipinski definition) is 5. The lowest BCUT2D eigenvalue weighted by Crippen LogP contribution is -2.25. The summed E-state index contributed by atoms with van der Waals surface area (Å²) in [5.41, 5.74) is 3.06. The Morgan fingerprint density at radius 2 is 1.76 bits per heavy atom. The summed E-state index contributed by atoms with van der Waals surface area (Å²) in [7, 11) is 3.06. The standard InChI is InChI=1S/C25H23F3N4O2/c1-31(15-21-29-12-13-32(21)16-25(26,27)28)14-20-23(24(33)34-2)22(17-8-4-3-5-9-17)18-10-6-7-11-19(18)30-20/h3-13H,14-16H2,1-2H3. The molecule has 0 fully saturated rings. The largest absolute Gasteiger partial charge is 0.465 e. The summed E-state index contributed by atoms with van der Waals surface area (Å²) in [6.07, 6.45) is -1.70. The predicted molar refractivity (Wildman–Crippen MR) is 122 cm³/mol. The molecule has 0 aliphatic carbocycles. The lowest BCUT2D eigenvalue weighted by atomic mass is 9.94. The van der Waals surface area contributed by atoms with E-state index < -0.39 is 18.7 Å². The highest BCUT2D eigenvalue weighted by molar-refractivity contribution is 6.07. The van der Waals surface area contributed by atoms with Crippen LogP contribution in [0.1, 0.15) is 21.9 Å². The number of hydrogen-bond donors (Lipinski definition) is 0. The molecule has 9 heteroatoms. The van der Waals surface area contributed by atoms with Gasteiger partial charge in [-0.1, -0.05) is 48.5 Å². The van der Waals surface area contributed by atoms with E-state index in [2.05, 4.69) is 4.98 Å². The Labute approximate surface area is 194 Å². The average molecular weight is 468 g/mol. The molecule has 0 aliphatic heterocycles. The molecule has 6 nitrogen and oxygen atoms in total. The van der Waals surface area contributed by atoms with Crippen LogP contribution >= 0.6 is 0 Å². The molecule has 2 aromatic carbocycles. The van der Waals surface area contributed by atoms with Gasteiger partial charge in [0.15, 0.2) is 0 Å². The molecule has 0 bridgehead atoms. The molecule has 34 heavy (non-hydrogen) atoms. The van der Waals surface area contributed by atoms with Gasteiger partial charge in [0.25, 0.3) is 0 Å². The summed E-state index contributed by atoms with van der Waals surface area (Å²) in [5.74, 6) is -0.261. The Kier molecular flexibility index (Phi) is 6.65. The van der Waals surface area contributed by atoms with E-state index in [1.54, 1.807) is 11.9 Å². The zero-order chi connectivity index (χ0) is 24.3. The number of alkyl halides is 3. The van der Waals surface area contributed by atoms with Crippen molar-refractivity contribution in [3.05, 3.63) is 84.1 Å². The molecule has 0 N–H and O–H groups in total. The maximum atomic E-state index is 13.0. The van der Waals surface area contributed by atoms with Crippen LogP contribution in [0.5, 0.6) is 0 Å². The summed E-state index contributed by atoms with van der Waals surface area (Å²) in [4.78, 5) is 23.5. The number of halogens is 3. The monoisotopic (exact) mass is 468 g/mol. The molecule has 4 rings (SSSR count). The number of methoxy groups -OCH3 is 1. The minimum Gasteiger partial charge on any atom is -0.465 e. The smallest absolute Gasteiger partial charge is 0.406 e. The molecule has 176 valence electrons. The van der Waals surface area contributed by atoms with Gasteiger partial charge in [0.2, 0.25) is 0 Å². The Morgan fingerprint density at radius 3 is 2.47 bits per heavy atom. The first-order chi connectivity index (χ1) is 16.3. The van der Waals surface area contributed by atoms with Crippen molar-refractivity contribution in [2.75, 3.05) is 14.2 Å². The lowest BCUT2D eigenvalue weighted by Gasteiger charge is -2.21. The fraction of sp³-hybridized carbons (Fsp3) is 0.240. The van der Waals surface area contributed by atoms with Gasteiger partial charge >= 0.3 is 12.1 Å². The molecule has 0 aliphatic rings. The average Bonchev–Trinajstić information content (AvgIpc) is 3.22.